The van der Waals surface area contributed by atoms with Crippen molar-refractivity contribution in [2.45, 2.75) is 26.4 Å². The normalized spacial score (nSPS) is 17.6. The summed E-state index contributed by atoms with van der Waals surface area (Å²) in [5.41, 5.74) is 3.29. The Hall–Kier alpha value is -4.00. The lowest BCUT2D eigenvalue weighted by molar-refractivity contribution is -0.140. The minimum absolute atomic E-state index is 0.0188. The molecule has 7 nitrogen and oxygen atoms in total. The lowest BCUT2D eigenvalue weighted by atomic mass is 9.95. The number of carbonyl (C=O) groups excluding carboxylic acids is 2. The fraction of sp³-hybridized carbons (Fsp3) is 0.200. The third-order valence-corrected chi connectivity index (χ3v) is 5.58. The van der Waals surface area contributed by atoms with Crippen LogP contribution in [0.4, 0.5) is 0 Å². The number of methoxy groups -OCH3 is 1. The molecule has 4 rings (SSSR count). The summed E-state index contributed by atoms with van der Waals surface area (Å²) in [6.07, 6.45) is 4.89. The SMILES string of the molecule is COc1cc(C)c(/C(O)=C2\C(=O)C(=O)N(Cc3cccnc3)C2c2ccccn2)cc1C. The number of likely N-dealkylation sites (tertiary alicyclic amines) is 1. The number of aryl methyl sites for hydroxylation is 2. The van der Waals surface area contributed by atoms with Crippen molar-refractivity contribution < 1.29 is 19.4 Å². The van der Waals surface area contributed by atoms with E-state index in [1.165, 1.54) is 4.90 Å². The van der Waals surface area contributed by atoms with Crippen molar-refractivity contribution in [1.29, 1.82) is 0 Å². The van der Waals surface area contributed by atoms with Crippen LogP contribution < -0.4 is 4.74 Å². The maximum absolute atomic E-state index is 13.1. The first-order valence-corrected chi connectivity index (χ1v) is 10.2. The lowest BCUT2D eigenvalue weighted by Crippen LogP contribution is -2.29. The van der Waals surface area contributed by atoms with Crippen molar-refractivity contribution >= 4 is 17.4 Å². The standard InChI is InChI=1S/C25H23N3O4/c1-15-12-20(32-3)16(2)11-18(15)23(29)21-22(19-8-4-5-10-27-19)28(25(31)24(21)30)14-17-7-6-9-26-13-17/h4-13,22,29H,14H2,1-3H3/b23-21+. The molecule has 0 saturated carbocycles. The highest BCUT2D eigenvalue weighted by molar-refractivity contribution is 6.46. The Morgan fingerprint density at radius 1 is 1.09 bits per heavy atom. The van der Waals surface area contributed by atoms with Gasteiger partial charge in [-0.1, -0.05) is 12.1 Å². The summed E-state index contributed by atoms with van der Waals surface area (Å²) in [7, 11) is 1.58. The summed E-state index contributed by atoms with van der Waals surface area (Å²) >= 11 is 0. The Morgan fingerprint density at radius 3 is 2.56 bits per heavy atom. The van der Waals surface area contributed by atoms with Crippen LogP contribution in [0.5, 0.6) is 5.75 Å². The van der Waals surface area contributed by atoms with Crippen molar-refractivity contribution in [3.8, 4) is 5.75 Å². The van der Waals surface area contributed by atoms with E-state index in [2.05, 4.69) is 9.97 Å². The summed E-state index contributed by atoms with van der Waals surface area (Å²) in [6.45, 7) is 3.84. The first-order chi connectivity index (χ1) is 15.4. The molecule has 162 valence electrons. The lowest BCUT2D eigenvalue weighted by Gasteiger charge is -2.24. The maximum atomic E-state index is 13.1. The number of Topliss-reactive ketones (excluding diaryl/α,β-unsaturated/α-hetero) is 1. The summed E-state index contributed by atoms with van der Waals surface area (Å²) in [6, 6.07) is 11.6. The molecule has 3 heterocycles. The Bertz CT molecular complexity index is 1210. The van der Waals surface area contributed by atoms with Gasteiger partial charge in [0, 0.05) is 30.7 Å². The predicted molar refractivity (Wildman–Crippen MR) is 119 cm³/mol. The van der Waals surface area contributed by atoms with Crippen molar-refractivity contribution in [2.24, 2.45) is 0 Å². The molecular formula is C25H23N3O4. The molecule has 7 heteroatoms. The number of rotatable bonds is 5. The zero-order valence-electron chi connectivity index (χ0n) is 18.1. The van der Waals surface area contributed by atoms with Crippen molar-refractivity contribution in [3.63, 3.8) is 0 Å². The van der Waals surface area contributed by atoms with E-state index in [9.17, 15) is 14.7 Å². The van der Waals surface area contributed by atoms with Gasteiger partial charge < -0.3 is 14.7 Å². The molecule has 1 aliphatic rings. The number of nitrogens with zero attached hydrogens (tertiary/aromatic N) is 3. The molecule has 3 aromatic rings. The molecule has 1 aromatic carbocycles. The average Bonchev–Trinajstić information content (AvgIpc) is 3.06. The van der Waals surface area contributed by atoms with Gasteiger partial charge in [0.1, 0.15) is 17.6 Å². The Balaban J connectivity index is 1.89. The smallest absolute Gasteiger partial charge is 0.296 e. The van der Waals surface area contributed by atoms with E-state index in [-0.39, 0.29) is 17.9 Å². The highest BCUT2D eigenvalue weighted by Gasteiger charge is 2.46. The number of ketones is 1. The van der Waals surface area contributed by atoms with Crippen LogP contribution in [0.25, 0.3) is 5.76 Å². The van der Waals surface area contributed by atoms with Crippen molar-refractivity contribution in [1.82, 2.24) is 14.9 Å². The minimum atomic E-state index is -0.821. The number of amides is 1. The molecule has 1 saturated heterocycles. The molecule has 1 atom stereocenters. The summed E-state index contributed by atoms with van der Waals surface area (Å²) in [5, 5.41) is 11.3. The van der Waals surface area contributed by atoms with Crippen LogP contribution >= 0.6 is 0 Å². The fourth-order valence-electron chi connectivity index (χ4n) is 3.99. The second-order valence-corrected chi connectivity index (χ2v) is 7.68. The number of aliphatic hydroxyl groups is 1. The fourth-order valence-corrected chi connectivity index (χ4v) is 3.99. The second-order valence-electron chi connectivity index (χ2n) is 7.68. The molecule has 0 spiro atoms. The number of hydrogen-bond acceptors (Lipinski definition) is 6. The highest BCUT2D eigenvalue weighted by Crippen LogP contribution is 2.40. The van der Waals surface area contributed by atoms with Crippen LogP contribution in [0.3, 0.4) is 0 Å². The predicted octanol–water partition coefficient (Wildman–Crippen LogP) is 3.72. The molecule has 32 heavy (non-hydrogen) atoms. The molecule has 0 aliphatic carbocycles. The van der Waals surface area contributed by atoms with E-state index in [4.69, 9.17) is 4.74 Å². The minimum Gasteiger partial charge on any atom is -0.507 e. The van der Waals surface area contributed by atoms with Crippen molar-refractivity contribution in [3.05, 3.63) is 94.6 Å². The largest absolute Gasteiger partial charge is 0.507 e. The number of benzene rings is 1. The van der Waals surface area contributed by atoms with Gasteiger partial charge in [-0.25, -0.2) is 0 Å². The molecule has 1 N–H and O–H groups in total. The molecule has 1 amide bonds. The van der Waals surface area contributed by atoms with E-state index in [1.807, 2.05) is 19.9 Å². The van der Waals surface area contributed by atoms with Crippen LogP contribution in [0.15, 0.2) is 66.6 Å². The molecule has 1 unspecified atom stereocenters. The Morgan fingerprint density at radius 2 is 1.91 bits per heavy atom. The topological polar surface area (TPSA) is 92.6 Å². The summed E-state index contributed by atoms with van der Waals surface area (Å²) in [5.74, 6) is -0.975. The van der Waals surface area contributed by atoms with E-state index in [1.54, 1.807) is 62.1 Å². The number of pyridine rings is 2. The van der Waals surface area contributed by atoms with Crippen LogP contribution in [-0.4, -0.2) is 38.8 Å². The van der Waals surface area contributed by atoms with Gasteiger partial charge in [-0.2, -0.15) is 0 Å². The average molecular weight is 429 g/mol. The van der Waals surface area contributed by atoms with E-state index in [0.717, 1.165) is 16.7 Å². The number of aliphatic hydroxyl groups excluding tert-OH is 1. The van der Waals surface area contributed by atoms with Crippen LogP contribution in [0, 0.1) is 13.8 Å². The van der Waals surface area contributed by atoms with Gasteiger partial charge in [0.05, 0.1) is 18.4 Å². The van der Waals surface area contributed by atoms with Crippen LogP contribution in [0.2, 0.25) is 0 Å². The molecule has 1 aliphatic heterocycles. The summed E-state index contributed by atoms with van der Waals surface area (Å²) in [4.78, 5) is 36.1. The number of aromatic nitrogens is 2. The van der Waals surface area contributed by atoms with E-state index >= 15 is 0 Å². The third kappa shape index (κ3) is 3.73. The third-order valence-electron chi connectivity index (χ3n) is 5.58. The van der Waals surface area contributed by atoms with Crippen molar-refractivity contribution in [2.75, 3.05) is 7.11 Å². The zero-order valence-corrected chi connectivity index (χ0v) is 18.1. The number of hydrogen-bond donors (Lipinski definition) is 1. The van der Waals surface area contributed by atoms with Crippen LogP contribution in [0.1, 0.15) is 34.0 Å². The molecule has 1 fully saturated rings. The van der Waals surface area contributed by atoms with Gasteiger partial charge >= 0.3 is 0 Å². The van der Waals surface area contributed by atoms with E-state index < -0.39 is 17.7 Å². The second kappa shape index (κ2) is 8.63. The maximum Gasteiger partial charge on any atom is 0.296 e. The molecule has 2 aromatic heterocycles. The van der Waals surface area contributed by atoms with Gasteiger partial charge in [-0.3, -0.25) is 19.6 Å². The molecule has 0 radical (unpaired) electrons. The Kier molecular flexibility index (Phi) is 5.73. The number of carbonyl (C=O) groups is 2. The van der Waals surface area contributed by atoms with Gasteiger partial charge in [0.2, 0.25) is 0 Å². The van der Waals surface area contributed by atoms with Gasteiger partial charge in [0.15, 0.2) is 0 Å². The number of ether oxygens (including phenoxy) is 1. The van der Waals surface area contributed by atoms with Gasteiger partial charge in [-0.15, -0.1) is 0 Å². The monoisotopic (exact) mass is 429 g/mol. The Labute approximate surface area is 186 Å². The van der Waals surface area contributed by atoms with Crippen LogP contribution in [-0.2, 0) is 16.1 Å². The first-order valence-electron chi connectivity index (χ1n) is 10.2. The zero-order chi connectivity index (χ0) is 22.8. The highest BCUT2D eigenvalue weighted by atomic mass is 16.5. The van der Waals surface area contributed by atoms with Gasteiger partial charge in [0.25, 0.3) is 11.7 Å². The first kappa shape index (κ1) is 21.2. The van der Waals surface area contributed by atoms with Gasteiger partial charge in [-0.05, 0) is 60.9 Å². The summed E-state index contributed by atoms with van der Waals surface area (Å²) < 4.78 is 5.36. The molecule has 0 bridgehead atoms. The quantitative estimate of drug-likeness (QED) is 0.378. The molecular weight excluding hydrogens is 406 g/mol. The van der Waals surface area contributed by atoms with E-state index in [0.29, 0.717) is 17.0 Å².